The number of aryl methyl sites for hydroxylation is 1. The molecule has 0 aliphatic rings. The smallest absolute Gasteiger partial charge is 0.285 e. The molecule has 0 spiro atoms. The minimum Gasteiger partial charge on any atom is -0.309 e. The van der Waals surface area contributed by atoms with Crippen molar-refractivity contribution < 1.29 is 4.99 Å². The second-order valence-corrected chi connectivity index (χ2v) is 4.61. The number of anilines is 1. The number of hydrogen-bond acceptors (Lipinski definition) is 1. The van der Waals surface area contributed by atoms with Crippen molar-refractivity contribution in [3.8, 4) is 0 Å². The highest BCUT2D eigenvalue weighted by atomic mass is 32.1. The molecule has 0 unspecified atom stereocenters. The van der Waals surface area contributed by atoms with Crippen molar-refractivity contribution >= 4 is 28.9 Å². The summed E-state index contributed by atoms with van der Waals surface area (Å²) >= 11 is 4.93. The highest BCUT2D eigenvalue weighted by Gasteiger charge is 2.10. The van der Waals surface area contributed by atoms with E-state index in [2.05, 4.69) is 10.3 Å². The second-order valence-electron chi connectivity index (χ2n) is 4.17. The van der Waals surface area contributed by atoms with Gasteiger partial charge in [0.05, 0.1) is 5.69 Å². The molecular formula is C15H16N3S+. The maximum Gasteiger partial charge on any atom is 0.285 e. The SMILES string of the molecule is Cc1ccccc1N/C(=[NH+]\C(N)=S)c1ccccc1. The molecule has 4 N–H and O–H groups in total. The van der Waals surface area contributed by atoms with E-state index in [1.807, 2.05) is 61.5 Å². The van der Waals surface area contributed by atoms with Crippen molar-refractivity contribution in [3.63, 3.8) is 0 Å². The highest BCUT2D eigenvalue weighted by Crippen LogP contribution is 2.13. The van der Waals surface area contributed by atoms with Gasteiger partial charge in [-0.2, -0.15) is 0 Å². The van der Waals surface area contributed by atoms with Crippen molar-refractivity contribution in [2.75, 3.05) is 5.32 Å². The van der Waals surface area contributed by atoms with Gasteiger partial charge in [0, 0.05) is 5.56 Å². The Morgan fingerprint density at radius 2 is 1.68 bits per heavy atom. The summed E-state index contributed by atoms with van der Waals surface area (Å²) in [5.41, 5.74) is 8.75. The molecule has 2 aromatic carbocycles. The minimum atomic E-state index is 0.236. The zero-order chi connectivity index (χ0) is 13.7. The van der Waals surface area contributed by atoms with Gasteiger partial charge in [0.15, 0.2) is 0 Å². The molecule has 2 rings (SSSR count). The van der Waals surface area contributed by atoms with Crippen molar-refractivity contribution in [2.24, 2.45) is 5.73 Å². The van der Waals surface area contributed by atoms with E-state index in [0.717, 1.165) is 22.6 Å². The maximum absolute atomic E-state index is 5.58. The van der Waals surface area contributed by atoms with E-state index in [0.29, 0.717) is 0 Å². The molecule has 0 bridgehead atoms. The summed E-state index contributed by atoms with van der Waals surface area (Å²) in [6.45, 7) is 2.05. The fraction of sp³-hybridized carbons (Fsp3) is 0.0667. The first-order valence-electron chi connectivity index (χ1n) is 5.98. The van der Waals surface area contributed by atoms with Crippen LogP contribution in [0.2, 0.25) is 0 Å². The van der Waals surface area contributed by atoms with Crippen molar-refractivity contribution in [2.45, 2.75) is 6.92 Å². The molecule has 0 heterocycles. The first-order chi connectivity index (χ1) is 9.16. The van der Waals surface area contributed by atoms with Gasteiger partial charge in [-0.05, 0) is 42.9 Å². The number of hydrogen-bond donors (Lipinski definition) is 3. The van der Waals surface area contributed by atoms with Crippen LogP contribution in [0.1, 0.15) is 11.1 Å². The summed E-state index contributed by atoms with van der Waals surface area (Å²) in [7, 11) is 0. The van der Waals surface area contributed by atoms with Crippen LogP contribution in [0.25, 0.3) is 0 Å². The molecule has 96 valence electrons. The zero-order valence-corrected chi connectivity index (χ0v) is 11.5. The number of nitrogens with two attached hydrogens (primary N) is 1. The Morgan fingerprint density at radius 3 is 2.32 bits per heavy atom. The van der Waals surface area contributed by atoms with Gasteiger partial charge in [-0.3, -0.25) is 5.32 Å². The third-order valence-electron chi connectivity index (χ3n) is 2.72. The number of rotatable bonds is 2. The third kappa shape index (κ3) is 3.63. The Balaban J connectivity index is 2.36. The van der Waals surface area contributed by atoms with Gasteiger partial charge in [-0.1, -0.05) is 36.4 Å². The van der Waals surface area contributed by atoms with Crippen LogP contribution in [-0.4, -0.2) is 10.9 Å². The zero-order valence-electron chi connectivity index (χ0n) is 10.7. The van der Waals surface area contributed by atoms with Crippen LogP contribution in [-0.2, 0) is 0 Å². The summed E-state index contributed by atoms with van der Waals surface area (Å²) in [6.07, 6.45) is 0. The topological polar surface area (TPSA) is 52.0 Å². The van der Waals surface area contributed by atoms with Crippen LogP contribution in [0.5, 0.6) is 0 Å². The monoisotopic (exact) mass is 270 g/mol. The van der Waals surface area contributed by atoms with Crippen LogP contribution < -0.4 is 16.0 Å². The molecule has 0 saturated carbocycles. The van der Waals surface area contributed by atoms with Gasteiger partial charge in [0.1, 0.15) is 0 Å². The fourth-order valence-electron chi connectivity index (χ4n) is 1.75. The predicted octanol–water partition coefficient (Wildman–Crippen LogP) is 1.18. The molecule has 2 aromatic rings. The van der Waals surface area contributed by atoms with Gasteiger partial charge in [0.2, 0.25) is 5.84 Å². The van der Waals surface area contributed by atoms with E-state index in [4.69, 9.17) is 18.0 Å². The standard InChI is InChI=1S/C15H15N3S/c1-11-7-5-6-10-13(11)17-14(18-15(16)19)12-8-3-2-4-9-12/h2-10H,1H3,(H3,16,17,18,19)/p+1. The molecule has 0 aliphatic heterocycles. The number of benzene rings is 2. The van der Waals surface area contributed by atoms with Gasteiger partial charge in [0.25, 0.3) is 5.11 Å². The molecule has 19 heavy (non-hydrogen) atoms. The Hall–Kier alpha value is -2.20. The Labute approximate surface area is 118 Å². The van der Waals surface area contributed by atoms with Crippen LogP contribution in [0.4, 0.5) is 5.69 Å². The number of para-hydroxylation sites is 1. The Bertz CT molecular complexity index is 606. The van der Waals surface area contributed by atoms with E-state index in [1.54, 1.807) is 0 Å². The van der Waals surface area contributed by atoms with Gasteiger partial charge in [-0.25, -0.2) is 4.99 Å². The highest BCUT2D eigenvalue weighted by molar-refractivity contribution is 7.79. The summed E-state index contributed by atoms with van der Waals surface area (Å²) in [6, 6.07) is 17.9. The Morgan fingerprint density at radius 1 is 1.05 bits per heavy atom. The van der Waals surface area contributed by atoms with Crippen LogP contribution in [0.3, 0.4) is 0 Å². The lowest BCUT2D eigenvalue weighted by Crippen LogP contribution is -2.81. The molecule has 4 heteroatoms. The molecule has 0 aliphatic carbocycles. The molecular weight excluding hydrogens is 254 g/mol. The summed E-state index contributed by atoms with van der Waals surface area (Å²) < 4.78 is 0. The lowest BCUT2D eigenvalue weighted by molar-refractivity contribution is -0.311. The summed E-state index contributed by atoms with van der Waals surface area (Å²) in [5, 5.41) is 3.57. The maximum atomic E-state index is 5.58. The normalized spacial score (nSPS) is 11.1. The second kappa shape index (κ2) is 6.11. The minimum absolute atomic E-state index is 0.236. The van der Waals surface area contributed by atoms with Crippen LogP contribution in [0, 0.1) is 6.92 Å². The van der Waals surface area contributed by atoms with Crippen LogP contribution >= 0.6 is 12.2 Å². The van der Waals surface area contributed by atoms with Crippen molar-refractivity contribution in [1.29, 1.82) is 0 Å². The molecule has 0 aromatic heterocycles. The molecule has 0 fully saturated rings. The first-order valence-corrected chi connectivity index (χ1v) is 6.39. The van der Waals surface area contributed by atoms with Gasteiger partial charge >= 0.3 is 0 Å². The van der Waals surface area contributed by atoms with Crippen molar-refractivity contribution in [3.05, 3.63) is 65.7 Å². The van der Waals surface area contributed by atoms with E-state index < -0.39 is 0 Å². The average Bonchev–Trinajstić information content (AvgIpc) is 2.41. The molecule has 0 saturated heterocycles. The van der Waals surface area contributed by atoms with E-state index in [-0.39, 0.29) is 5.11 Å². The predicted molar refractivity (Wildman–Crippen MR) is 83.1 cm³/mol. The number of amidine groups is 1. The van der Waals surface area contributed by atoms with Crippen molar-refractivity contribution in [1.82, 2.24) is 0 Å². The number of thiocarbonyl (C=S) groups is 1. The third-order valence-corrected chi connectivity index (χ3v) is 2.82. The first kappa shape index (κ1) is 13.2. The van der Waals surface area contributed by atoms with Crippen LogP contribution in [0.15, 0.2) is 54.6 Å². The Kier molecular flexibility index (Phi) is 4.26. The molecule has 0 amide bonds. The van der Waals surface area contributed by atoms with E-state index in [9.17, 15) is 0 Å². The van der Waals surface area contributed by atoms with E-state index in [1.165, 1.54) is 0 Å². The molecule has 0 radical (unpaired) electrons. The summed E-state index contributed by atoms with van der Waals surface area (Å²) in [4.78, 5) is 2.99. The largest absolute Gasteiger partial charge is 0.309 e. The number of nitrogens with one attached hydrogen (secondary N) is 2. The summed E-state index contributed by atoms with van der Waals surface area (Å²) in [5.74, 6) is 0.780. The lowest BCUT2D eigenvalue weighted by atomic mass is 10.1. The van der Waals surface area contributed by atoms with Gasteiger partial charge in [-0.15, -0.1) is 0 Å². The lowest BCUT2D eigenvalue weighted by Gasteiger charge is -2.07. The average molecular weight is 270 g/mol. The van der Waals surface area contributed by atoms with Gasteiger partial charge < -0.3 is 5.73 Å². The molecule has 0 atom stereocenters. The molecule has 3 nitrogen and oxygen atoms in total. The fourth-order valence-corrected chi connectivity index (χ4v) is 1.85. The quantitative estimate of drug-likeness (QED) is 0.436. The van der Waals surface area contributed by atoms with E-state index >= 15 is 0 Å².